The average molecular weight is 478 g/mol. The van der Waals surface area contributed by atoms with Crippen molar-refractivity contribution in [3.8, 4) is 0 Å². The summed E-state index contributed by atoms with van der Waals surface area (Å²) < 4.78 is 6.22. The number of amides is 1. The summed E-state index contributed by atoms with van der Waals surface area (Å²) in [5.41, 5.74) is 0.374. The van der Waals surface area contributed by atoms with Gasteiger partial charge in [-0.2, -0.15) is 0 Å². The monoisotopic (exact) mass is 477 g/mol. The third kappa shape index (κ3) is 4.60. The van der Waals surface area contributed by atoms with Crippen LogP contribution >= 0.6 is 0 Å². The van der Waals surface area contributed by atoms with Gasteiger partial charge in [-0.15, -0.1) is 0 Å². The highest BCUT2D eigenvalue weighted by atomic mass is 16.6. The molecule has 4 saturated carbocycles. The number of hydrogen-bond acceptors (Lipinski definition) is 4. The van der Waals surface area contributed by atoms with Gasteiger partial charge < -0.3 is 20.3 Å². The molecule has 0 spiro atoms. The summed E-state index contributed by atoms with van der Waals surface area (Å²) in [5.74, 6) is 1.98. The van der Waals surface area contributed by atoms with Crippen molar-refractivity contribution in [2.75, 3.05) is 0 Å². The van der Waals surface area contributed by atoms with E-state index in [0.717, 1.165) is 51.4 Å². The van der Waals surface area contributed by atoms with Gasteiger partial charge in [0.2, 0.25) is 0 Å². The number of alkyl carbamates (subject to hydrolysis) is 1. The summed E-state index contributed by atoms with van der Waals surface area (Å²) in [6.45, 7) is 11.1. The lowest BCUT2D eigenvalue weighted by Gasteiger charge is -2.62. The number of fused-ring (bicyclic) bond motifs is 5. The zero-order valence-electron chi connectivity index (χ0n) is 21.9. The molecule has 4 fully saturated rings. The number of carbonyl (C=O) groups is 2. The van der Waals surface area contributed by atoms with E-state index in [2.05, 4.69) is 26.1 Å². The number of ether oxygens (including phenoxy) is 1. The van der Waals surface area contributed by atoms with Gasteiger partial charge in [-0.3, -0.25) is 4.79 Å². The van der Waals surface area contributed by atoms with E-state index in [1.54, 1.807) is 0 Å². The Morgan fingerprint density at radius 3 is 2.35 bits per heavy atom. The van der Waals surface area contributed by atoms with Crippen LogP contribution in [0, 0.1) is 46.3 Å². The minimum absolute atomic E-state index is 0.0382. The van der Waals surface area contributed by atoms with E-state index in [1.165, 1.54) is 6.42 Å². The van der Waals surface area contributed by atoms with Crippen molar-refractivity contribution < 1.29 is 24.5 Å². The number of aliphatic hydroxyl groups is 1. The van der Waals surface area contributed by atoms with Gasteiger partial charge in [0.15, 0.2) is 0 Å². The number of rotatable bonds is 6. The molecule has 4 rings (SSSR count). The number of carboxylic acid groups (broad SMARTS) is 1. The fourth-order valence-electron chi connectivity index (χ4n) is 9.23. The van der Waals surface area contributed by atoms with Crippen molar-refractivity contribution in [2.24, 2.45) is 46.3 Å². The molecule has 0 bridgehead atoms. The van der Waals surface area contributed by atoms with Crippen molar-refractivity contribution in [1.82, 2.24) is 5.32 Å². The molecule has 0 aromatic heterocycles. The molecular weight excluding hydrogens is 430 g/mol. The second kappa shape index (κ2) is 9.63. The van der Waals surface area contributed by atoms with Crippen LogP contribution in [0.3, 0.4) is 0 Å². The molecule has 10 atom stereocenters. The Bertz CT molecular complexity index is 770. The topological polar surface area (TPSA) is 95.9 Å². The molecular formula is C28H47NO5. The van der Waals surface area contributed by atoms with Gasteiger partial charge in [0, 0.05) is 18.4 Å². The Morgan fingerprint density at radius 1 is 1.00 bits per heavy atom. The van der Waals surface area contributed by atoms with Gasteiger partial charge >= 0.3 is 12.1 Å². The van der Waals surface area contributed by atoms with Gasteiger partial charge in [0.05, 0.1) is 6.10 Å². The first-order valence-electron chi connectivity index (χ1n) is 13.8. The Balaban J connectivity index is 1.61. The van der Waals surface area contributed by atoms with Gasteiger partial charge in [-0.25, -0.2) is 4.79 Å². The van der Waals surface area contributed by atoms with E-state index >= 15 is 0 Å². The minimum atomic E-state index is -0.703. The maximum Gasteiger partial charge on any atom is 0.407 e. The Kier molecular flexibility index (Phi) is 7.30. The van der Waals surface area contributed by atoms with Crippen molar-refractivity contribution in [3.63, 3.8) is 0 Å². The quantitative estimate of drug-likeness (QED) is 0.461. The first-order chi connectivity index (χ1) is 16.0. The molecule has 0 aliphatic heterocycles. The van der Waals surface area contributed by atoms with Crippen molar-refractivity contribution in [1.29, 1.82) is 0 Å². The smallest absolute Gasteiger partial charge is 0.407 e. The third-order valence-corrected chi connectivity index (χ3v) is 10.9. The number of hydrogen-bond donors (Lipinski definition) is 3. The van der Waals surface area contributed by atoms with Crippen LogP contribution in [0.15, 0.2) is 0 Å². The molecule has 0 saturated heterocycles. The number of carboxylic acids is 1. The normalized spacial score (nSPS) is 44.5. The maximum absolute atomic E-state index is 12.8. The van der Waals surface area contributed by atoms with E-state index in [1.807, 2.05) is 13.8 Å². The number of carbonyl (C=O) groups excluding carboxylic acids is 1. The van der Waals surface area contributed by atoms with E-state index in [9.17, 15) is 19.8 Å². The number of aliphatic carboxylic acids is 1. The van der Waals surface area contributed by atoms with Crippen LogP contribution < -0.4 is 5.32 Å². The van der Waals surface area contributed by atoms with Gasteiger partial charge in [0.25, 0.3) is 0 Å². The predicted molar refractivity (Wildman–Crippen MR) is 131 cm³/mol. The Labute approximate surface area is 205 Å². The second-order valence-corrected chi connectivity index (χ2v) is 13.0. The van der Waals surface area contributed by atoms with Crippen LogP contribution in [0.4, 0.5) is 4.79 Å². The molecule has 194 valence electrons. The van der Waals surface area contributed by atoms with Gasteiger partial charge in [-0.05, 0) is 112 Å². The van der Waals surface area contributed by atoms with E-state index in [4.69, 9.17) is 4.74 Å². The second-order valence-electron chi connectivity index (χ2n) is 13.0. The number of nitrogens with one attached hydrogen (secondary N) is 1. The molecule has 3 N–H and O–H groups in total. The summed E-state index contributed by atoms with van der Waals surface area (Å²) in [6, 6.07) is 0.0382. The first-order valence-corrected chi connectivity index (χ1v) is 13.8. The lowest BCUT2D eigenvalue weighted by molar-refractivity contribution is -0.174. The van der Waals surface area contributed by atoms with Crippen molar-refractivity contribution in [2.45, 2.75) is 117 Å². The number of aliphatic hydroxyl groups excluding tert-OH is 1. The molecule has 0 unspecified atom stereocenters. The average Bonchev–Trinajstić information content (AvgIpc) is 3.09. The van der Waals surface area contributed by atoms with Crippen LogP contribution in [0.5, 0.6) is 0 Å². The summed E-state index contributed by atoms with van der Waals surface area (Å²) in [6.07, 6.45) is 8.57. The molecule has 6 nitrogen and oxygen atoms in total. The molecule has 0 radical (unpaired) electrons. The highest BCUT2D eigenvalue weighted by Crippen LogP contribution is 2.68. The molecule has 4 aliphatic carbocycles. The molecule has 0 aromatic rings. The molecule has 1 amide bonds. The molecule has 0 aromatic carbocycles. The fourth-order valence-corrected chi connectivity index (χ4v) is 9.23. The zero-order valence-corrected chi connectivity index (χ0v) is 21.9. The minimum Gasteiger partial charge on any atom is -0.481 e. The van der Waals surface area contributed by atoms with Crippen molar-refractivity contribution in [3.05, 3.63) is 0 Å². The van der Waals surface area contributed by atoms with Gasteiger partial charge in [0.1, 0.15) is 6.10 Å². The summed E-state index contributed by atoms with van der Waals surface area (Å²) in [5, 5.41) is 22.6. The SMILES string of the molecule is CC(C)NC(=O)O[C@H]1C[C@@H]2C[C@H](O)CC[C@]2(C)[C@H]2CC[C@]3(C)[C@@H]([C@H](C)CCC(=O)O)CC[C@H]3[C@H]12. The van der Waals surface area contributed by atoms with Gasteiger partial charge in [-0.1, -0.05) is 20.8 Å². The lowest BCUT2D eigenvalue weighted by atomic mass is 9.43. The fraction of sp³-hybridized carbons (Fsp3) is 0.929. The lowest BCUT2D eigenvalue weighted by Crippen LogP contribution is -2.59. The standard InChI is InChI=1S/C28H47NO5/c1-16(2)29-26(33)34-23-15-18-14-19(30)10-12-27(18,4)22-11-13-28(5)20(7-8-21(28)25(22)23)17(3)6-9-24(31)32/h16-23,25,30H,6-15H2,1-5H3,(H,29,33)(H,31,32)/t17-,18+,19-,20-,21+,22+,23+,25+,27+,28-/m1/s1. The highest BCUT2D eigenvalue weighted by molar-refractivity contribution is 5.67. The first kappa shape index (κ1) is 25.8. The van der Waals surface area contributed by atoms with Crippen LogP contribution in [0.2, 0.25) is 0 Å². The molecule has 34 heavy (non-hydrogen) atoms. The predicted octanol–water partition coefficient (Wildman–Crippen LogP) is 5.62. The summed E-state index contributed by atoms with van der Waals surface area (Å²) in [7, 11) is 0. The Hall–Kier alpha value is -1.30. The van der Waals surface area contributed by atoms with Crippen LogP contribution in [0.1, 0.15) is 98.8 Å². The van der Waals surface area contributed by atoms with E-state index in [0.29, 0.717) is 35.5 Å². The van der Waals surface area contributed by atoms with E-state index < -0.39 is 5.97 Å². The zero-order chi connectivity index (χ0) is 24.8. The third-order valence-electron chi connectivity index (χ3n) is 10.9. The van der Waals surface area contributed by atoms with Crippen LogP contribution in [-0.2, 0) is 9.53 Å². The highest BCUT2D eigenvalue weighted by Gasteiger charge is 2.63. The van der Waals surface area contributed by atoms with Crippen LogP contribution in [0.25, 0.3) is 0 Å². The van der Waals surface area contributed by atoms with Crippen LogP contribution in [-0.4, -0.2) is 40.5 Å². The largest absolute Gasteiger partial charge is 0.481 e. The Morgan fingerprint density at radius 2 is 1.68 bits per heavy atom. The maximum atomic E-state index is 12.8. The summed E-state index contributed by atoms with van der Waals surface area (Å²) >= 11 is 0. The molecule has 4 aliphatic rings. The van der Waals surface area contributed by atoms with Crippen molar-refractivity contribution >= 4 is 12.1 Å². The molecule has 6 heteroatoms. The summed E-state index contributed by atoms with van der Waals surface area (Å²) in [4.78, 5) is 24.0. The molecule has 0 heterocycles. The van der Waals surface area contributed by atoms with E-state index in [-0.39, 0.29) is 41.6 Å².